The fraction of sp³-hybridized carbons (Fsp3) is 0.389. The van der Waals surface area contributed by atoms with Crippen LogP contribution in [0.25, 0.3) is 5.65 Å². The number of nitrogens with one attached hydrogen (secondary N) is 3. The molecule has 0 atom stereocenters. The molecular formula is C18H20N6O2. The maximum absolute atomic E-state index is 12.7. The first kappa shape index (κ1) is 15.4. The van der Waals surface area contributed by atoms with Gasteiger partial charge in [0.2, 0.25) is 0 Å². The molecule has 3 aromatic heterocycles. The fourth-order valence-corrected chi connectivity index (χ4v) is 4.11. The number of hydrogen-bond acceptors (Lipinski definition) is 4. The highest BCUT2D eigenvalue weighted by Crippen LogP contribution is 2.43. The summed E-state index contributed by atoms with van der Waals surface area (Å²) in [6, 6.07) is 7.12. The molecule has 26 heavy (non-hydrogen) atoms. The average molecular weight is 352 g/mol. The summed E-state index contributed by atoms with van der Waals surface area (Å²) in [5, 5.41) is 9.31. The largest absolute Gasteiger partial charge is 0.345 e. The first-order valence-electron chi connectivity index (χ1n) is 8.96. The Morgan fingerprint density at radius 1 is 1.31 bits per heavy atom. The van der Waals surface area contributed by atoms with Crippen LogP contribution in [0.1, 0.15) is 41.1 Å². The minimum absolute atomic E-state index is 0.0618. The molecule has 3 aromatic rings. The third kappa shape index (κ3) is 2.22. The number of rotatable bonds is 3. The summed E-state index contributed by atoms with van der Waals surface area (Å²) in [5.74, 6) is -0.135. The van der Waals surface area contributed by atoms with Crippen LogP contribution in [0.2, 0.25) is 0 Å². The Balaban J connectivity index is 1.37. The van der Waals surface area contributed by atoms with Crippen molar-refractivity contribution in [1.29, 1.82) is 0 Å². The zero-order chi connectivity index (χ0) is 17.7. The van der Waals surface area contributed by atoms with Gasteiger partial charge in [0.25, 0.3) is 11.5 Å². The van der Waals surface area contributed by atoms with Crippen molar-refractivity contribution in [2.24, 2.45) is 0 Å². The third-order valence-electron chi connectivity index (χ3n) is 5.57. The lowest BCUT2D eigenvalue weighted by Crippen LogP contribution is -2.54. The van der Waals surface area contributed by atoms with Crippen molar-refractivity contribution >= 4 is 11.6 Å². The number of hydrogen-bond donors (Lipinski definition) is 3. The molecule has 1 aliphatic heterocycles. The number of carbonyl (C=O) groups excluding carboxylic acids is 1. The molecule has 1 spiro atoms. The molecule has 1 fully saturated rings. The summed E-state index contributed by atoms with van der Waals surface area (Å²) in [5.41, 5.74) is 2.84. The molecule has 1 saturated carbocycles. The third-order valence-corrected chi connectivity index (χ3v) is 5.57. The number of carbonyl (C=O) groups is 1. The Morgan fingerprint density at radius 3 is 3.00 bits per heavy atom. The quantitative estimate of drug-likeness (QED) is 0.648. The van der Waals surface area contributed by atoms with E-state index in [0.717, 1.165) is 25.9 Å². The van der Waals surface area contributed by atoms with Crippen molar-refractivity contribution in [1.82, 2.24) is 29.8 Å². The Bertz CT molecular complexity index is 1060. The van der Waals surface area contributed by atoms with Gasteiger partial charge < -0.3 is 15.2 Å². The monoisotopic (exact) mass is 352 g/mol. The van der Waals surface area contributed by atoms with E-state index >= 15 is 0 Å². The molecule has 5 rings (SSSR count). The zero-order valence-corrected chi connectivity index (χ0v) is 14.3. The molecular weight excluding hydrogens is 332 g/mol. The second kappa shape index (κ2) is 5.57. The lowest BCUT2D eigenvalue weighted by atomic mass is 9.73. The molecule has 0 radical (unpaired) electrons. The van der Waals surface area contributed by atoms with Gasteiger partial charge in [-0.05, 0) is 31.4 Å². The zero-order valence-electron chi connectivity index (χ0n) is 14.3. The summed E-state index contributed by atoms with van der Waals surface area (Å²) in [4.78, 5) is 29.1. The van der Waals surface area contributed by atoms with E-state index in [0.29, 0.717) is 17.0 Å². The van der Waals surface area contributed by atoms with Gasteiger partial charge in [-0.3, -0.25) is 14.7 Å². The first-order chi connectivity index (χ1) is 12.7. The Kier molecular flexibility index (Phi) is 3.30. The van der Waals surface area contributed by atoms with Gasteiger partial charge in [0.15, 0.2) is 5.65 Å². The van der Waals surface area contributed by atoms with E-state index in [1.165, 1.54) is 22.7 Å². The Morgan fingerprint density at radius 2 is 2.19 bits per heavy atom. The topological polar surface area (TPSA) is 96.2 Å². The minimum atomic E-state index is -0.192. The fourth-order valence-electron chi connectivity index (χ4n) is 4.11. The van der Waals surface area contributed by atoms with Gasteiger partial charge in [0.05, 0.1) is 17.8 Å². The van der Waals surface area contributed by atoms with Crippen molar-refractivity contribution in [3.05, 3.63) is 57.9 Å². The Hall–Kier alpha value is -2.87. The SMILES string of the molecule is O=C(NCc1cc(=O)n2[nH]ccc2n1)c1ccc2n1CCNC21CCC1. The average Bonchev–Trinajstić information content (AvgIpc) is 3.25. The molecule has 0 bridgehead atoms. The predicted molar refractivity (Wildman–Crippen MR) is 94.9 cm³/mol. The minimum Gasteiger partial charge on any atom is -0.345 e. The highest BCUT2D eigenvalue weighted by Gasteiger charge is 2.43. The summed E-state index contributed by atoms with van der Waals surface area (Å²) < 4.78 is 3.49. The standard InChI is InChI=1S/C18H20N6O2/c25-16-10-12(22-15-4-7-21-24(15)16)11-19-17(26)13-2-3-14-18(5-1-6-18)20-8-9-23(13)14/h2-4,7,10,20-21H,1,5-6,8-9,11H2,(H,19,26). The molecule has 1 amide bonds. The van der Waals surface area contributed by atoms with Crippen LogP contribution >= 0.6 is 0 Å². The number of amides is 1. The summed E-state index contributed by atoms with van der Waals surface area (Å²) in [6.07, 6.45) is 5.14. The van der Waals surface area contributed by atoms with E-state index in [1.807, 2.05) is 6.07 Å². The highest BCUT2D eigenvalue weighted by atomic mass is 16.2. The second-order valence-corrected chi connectivity index (χ2v) is 7.04. The molecule has 8 heteroatoms. The van der Waals surface area contributed by atoms with Gasteiger partial charge in [-0.1, -0.05) is 0 Å². The van der Waals surface area contributed by atoms with Crippen molar-refractivity contribution in [3.63, 3.8) is 0 Å². The molecule has 2 aliphatic rings. The number of aromatic nitrogens is 4. The second-order valence-electron chi connectivity index (χ2n) is 7.04. The van der Waals surface area contributed by atoms with Crippen LogP contribution in [-0.2, 0) is 18.6 Å². The smallest absolute Gasteiger partial charge is 0.272 e. The van der Waals surface area contributed by atoms with Crippen LogP contribution in [0, 0.1) is 0 Å². The van der Waals surface area contributed by atoms with E-state index in [1.54, 1.807) is 12.3 Å². The lowest BCUT2D eigenvalue weighted by Gasteiger charge is -2.46. The van der Waals surface area contributed by atoms with Gasteiger partial charge >= 0.3 is 0 Å². The van der Waals surface area contributed by atoms with Crippen LogP contribution in [-0.4, -0.2) is 31.6 Å². The first-order valence-corrected chi connectivity index (χ1v) is 8.96. The van der Waals surface area contributed by atoms with Crippen molar-refractivity contribution < 1.29 is 4.79 Å². The molecule has 1 aliphatic carbocycles. The number of fused-ring (bicyclic) bond motifs is 3. The van der Waals surface area contributed by atoms with Crippen LogP contribution in [0.5, 0.6) is 0 Å². The summed E-state index contributed by atoms with van der Waals surface area (Å²) in [6.45, 7) is 1.89. The van der Waals surface area contributed by atoms with Gasteiger partial charge in [0.1, 0.15) is 5.69 Å². The molecule has 4 heterocycles. The van der Waals surface area contributed by atoms with E-state index in [9.17, 15) is 9.59 Å². The molecule has 3 N–H and O–H groups in total. The van der Waals surface area contributed by atoms with Crippen LogP contribution < -0.4 is 16.2 Å². The van der Waals surface area contributed by atoms with E-state index in [-0.39, 0.29) is 23.6 Å². The van der Waals surface area contributed by atoms with E-state index < -0.39 is 0 Å². The molecule has 0 unspecified atom stereocenters. The number of aromatic amines is 1. The van der Waals surface area contributed by atoms with Crippen LogP contribution in [0.3, 0.4) is 0 Å². The van der Waals surface area contributed by atoms with E-state index in [2.05, 4.69) is 31.3 Å². The highest BCUT2D eigenvalue weighted by molar-refractivity contribution is 5.93. The van der Waals surface area contributed by atoms with Crippen LogP contribution in [0.15, 0.2) is 35.3 Å². The maximum atomic E-state index is 12.7. The Labute approximate surface area is 149 Å². The summed E-state index contributed by atoms with van der Waals surface area (Å²) >= 11 is 0. The van der Waals surface area contributed by atoms with Crippen molar-refractivity contribution in [2.45, 2.75) is 37.9 Å². The maximum Gasteiger partial charge on any atom is 0.272 e. The molecule has 0 aromatic carbocycles. The molecule has 134 valence electrons. The van der Waals surface area contributed by atoms with Gasteiger partial charge in [-0.15, -0.1) is 0 Å². The van der Waals surface area contributed by atoms with Gasteiger partial charge in [0, 0.05) is 37.1 Å². The molecule has 0 saturated heterocycles. The number of H-pyrrole nitrogens is 1. The summed E-state index contributed by atoms with van der Waals surface area (Å²) in [7, 11) is 0. The predicted octanol–water partition coefficient (Wildman–Crippen LogP) is 0.736. The lowest BCUT2D eigenvalue weighted by molar-refractivity contribution is 0.0933. The number of nitrogens with zero attached hydrogens (tertiary/aromatic N) is 3. The van der Waals surface area contributed by atoms with Crippen molar-refractivity contribution in [2.75, 3.05) is 6.54 Å². The van der Waals surface area contributed by atoms with Gasteiger partial charge in [-0.2, -0.15) is 0 Å². The van der Waals surface area contributed by atoms with Gasteiger partial charge in [-0.25, -0.2) is 9.50 Å². The molecule has 8 nitrogen and oxygen atoms in total. The van der Waals surface area contributed by atoms with Crippen molar-refractivity contribution in [3.8, 4) is 0 Å². The van der Waals surface area contributed by atoms with E-state index in [4.69, 9.17) is 0 Å². The normalized spacial score (nSPS) is 17.8. The van der Waals surface area contributed by atoms with Crippen LogP contribution in [0.4, 0.5) is 0 Å².